The highest BCUT2D eigenvalue weighted by molar-refractivity contribution is 7.80. The van der Waals surface area contributed by atoms with Crippen molar-refractivity contribution in [3.8, 4) is 11.5 Å². The van der Waals surface area contributed by atoms with Gasteiger partial charge in [-0.25, -0.2) is 0 Å². The van der Waals surface area contributed by atoms with Gasteiger partial charge in [0.1, 0.15) is 11.5 Å². The van der Waals surface area contributed by atoms with Crippen molar-refractivity contribution in [2.24, 2.45) is 0 Å². The maximum atomic E-state index is 12.2. The van der Waals surface area contributed by atoms with Gasteiger partial charge in [-0.3, -0.25) is 25.8 Å². The molecule has 9 nitrogen and oxygen atoms in total. The van der Waals surface area contributed by atoms with Crippen LogP contribution >= 0.6 is 12.2 Å². The van der Waals surface area contributed by atoms with Gasteiger partial charge in [0.05, 0.1) is 24.7 Å². The Balaban J connectivity index is 1.94. The number of carbonyl (C=O) groups excluding carboxylic acids is 1. The topological polar surface area (TPSA) is 115 Å². The van der Waals surface area contributed by atoms with E-state index >= 15 is 0 Å². The summed E-state index contributed by atoms with van der Waals surface area (Å²) >= 11 is 5.07. The van der Waals surface area contributed by atoms with Crippen LogP contribution in [0.2, 0.25) is 0 Å². The van der Waals surface area contributed by atoms with E-state index in [9.17, 15) is 14.9 Å². The highest BCUT2D eigenvalue weighted by atomic mass is 32.1. The number of rotatable bonds is 5. The molecule has 2 aromatic rings. The number of hydrogen-bond donors (Lipinski definition) is 3. The lowest BCUT2D eigenvalue weighted by atomic mass is 10.2. The molecule has 26 heavy (non-hydrogen) atoms. The van der Waals surface area contributed by atoms with E-state index in [-0.39, 0.29) is 10.8 Å². The van der Waals surface area contributed by atoms with Crippen LogP contribution in [-0.4, -0.2) is 30.2 Å². The average Bonchev–Trinajstić information content (AvgIpc) is 2.65. The van der Waals surface area contributed by atoms with Gasteiger partial charge in [-0.2, -0.15) is 0 Å². The van der Waals surface area contributed by atoms with Gasteiger partial charge in [0.25, 0.3) is 11.6 Å². The highest BCUT2D eigenvalue weighted by Crippen LogP contribution is 2.24. The molecule has 10 heteroatoms. The smallest absolute Gasteiger partial charge is 0.273 e. The molecular formula is C16H16N4O5S. The third kappa shape index (κ3) is 4.80. The molecule has 0 saturated heterocycles. The predicted molar refractivity (Wildman–Crippen MR) is 99.5 cm³/mol. The molecule has 0 fully saturated rings. The first-order valence-corrected chi connectivity index (χ1v) is 7.69. The number of hydrogen-bond acceptors (Lipinski definition) is 6. The summed E-state index contributed by atoms with van der Waals surface area (Å²) in [4.78, 5) is 22.4. The fourth-order valence-electron chi connectivity index (χ4n) is 2.00. The number of hydrazine groups is 1. The molecule has 2 aromatic carbocycles. The van der Waals surface area contributed by atoms with Crippen LogP contribution in [0.15, 0.2) is 42.5 Å². The van der Waals surface area contributed by atoms with Gasteiger partial charge in [-0.05, 0) is 36.5 Å². The quantitative estimate of drug-likeness (QED) is 0.413. The number of anilines is 1. The molecular weight excluding hydrogens is 360 g/mol. The summed E-state index contributed by atoms with van der Waals surface area (Å²) in [7, 11) is 2.96. The number of methoxy groups -OCH3 is 2. The van der Waals surface area contributed by atoms with Crippen molar-refractivity contribution < 1.29 is 19.2 Å². The number of nitrogens with one attached hydrogen (secondary N) is 3. The van der Waals surface area contributed by atoms with Crippen LogP contribution < -0.4 is 25.6 Å². The van der Waals surface area contributed by atoms with Gasteiger partial charge in [-0.1, -0.05) is 0 Å². The van der Waals surface area contributed by atoms with Crippen LogP contribution in [0.1, 0.15) is 10.4 Å². The van der Waals surface area contributed by atoms with Gasteiger partial charge < -0.3 is 14.8 Å². The van der Waals surface area contributed by atoms with Gasteiger partial charge in [0, 0.05) is 23.9 Å². The first-order chi connectivity index (χ1) is 12.4. The van der Waals surface area contributed by atoms with Gasteiger partial charge >= 0.3 is 0 Å². The Kier molecular flexibility index (Phi) is 6.28. The summed E-state index contributed by atoms with van der Waals surface area (Å²) in [6.45, 7) is 0. The molecule has 0 aliphatic heterocycles. The lowest BCUT2D eigenvalue weighted by Gasteiger charge is -2.13. The number of nitro groups is 1. The minimum absolute atomic E-state index is 0.0330. The molecule has 0 aromatic heterocycles. The van der Waals surface area contributed by atoms with Crippen LogP contribution in [0.3, 0.4) is 0 Å². The highest BCUT2D eigenvalue weighted by Gasteiger charge is 2.13. The van der Waals surface area contributed by atoms with Crippen LogP contribution in [0.4, 0.5) is 11.4 Å². The first kappa shape index (κ1) is 18.9. The summed E-state index contributed by atoms with van der Waals surface area (Å²) in [5.41, 5.74) is 5.78. The Morgan fingerprint density at radius 1 is 1.08 bits per heavy atom. The number of carbonyl (C=O) groups is 1. The molecule has 2 rings (SSSR count). The number of amides is 1. The van der Waals surface area contributed by atoms with Gasteiger partial charge in [-0.15, -0.1) is 0 Å². The molecule has 0 saturated carbocycles. The van der Waals surface area contributed by atoms with Crippen molar-refractivity contribution in [1.29, 1.82) is 0 Å². The van der Waals surface area contributed by atoms with Crippen LogP contribution in [0.5, 0.6) is 11.5 Å². The van der Waals surface area contributed by atoms with Gasteiger partial charge in [0.15, 0.2) is 5.11 Å². The van der Waals surface area contributed by atoms with E-state index in [4.69, 9.17) is 21.7 Å². The molecule has 0 spiro atoms. The summed E-state index contributed by atoms with van der Waals surface area (Å²) < 4.78 is 10.2. The standard InChI is InChI=1S/C16H16N4O5S/c1-24-12-7-8-13(14(9-12)25-2)15(21)18-19-16(26)17-10-3-5-11(6-4-10)20(22)23/h3-9H,1-2H3,(H,18,21)(H2,17,19,26). The lowest BCUT2D eigenvalue weighted by molar-refractivity contribution is -0.384. The fraction of sp³-hybridized carbons (Fsp3) is 0.125. The summed E-state index contributed by atoms with van der Waals surface area (Å²) in [5, 5.41) is 13.5. The van der Waals surface area contributed by atoms with Crippen molar-refractivity contribution in [1.82, 2.24) is 10.9 Å². The van der Waals surface area contributed by atoms with Crippen molar-refractivity contribution >= 4 is 34.6 Å². The molecule has 1 amide bonds. The Morgan fingerprint density at radius 3 is 2.35 bits per heavy atom. The lowest BCUT2D eigenvalue weighted by Crippen LogP contribution is -2.43. The SMILES string of the molecule is COc1ccc(C(=O)NNC(=S)Nc2ccc([N+](=O)[O-])cc2)c(OC)c1. The number of nitrogens with zero attached hydrogens (tertiary/aromatic N) is 1. The summed E-state index contributed by atoms with van der Waals surface area (Å²) in [5.74, 6) is 0.442. The van der Waals surface area contributed by atoms with Crippen molar-refractivity contribution in [2.45, 2.75) is 0 Å². The number of ether oxygens (including phenoxy) is 2. The largest absolute Gasteiger partial charge is 0.497 e. The normalized spacial score (nSPS) is 9.77. The molecule has 0 radical (unpaired) electrons. The minimum Gasteiger partial charge on any atom is -0.497 e. The van der Waals surface area contributed by atoms with Crippen LogP contribution in [0.25, 0.3) is 0 Å². The molecule has 136 valence electrons. The van der Waals surface area contributed by atoms with E-state index in [1.54, 1.807) is 18.2 Å². The predicted octanol–water partition coefficient (Wildman–Crippen LogP) is 2.24. The number of thiocarbonyl (C=S) groups is 1. The minimum atomic E-state index is -0.497. The number of benzene rings is 2. The van der Waals surface area contributed by atoms with E-state index in [2.05, 4.69) is 16.2 Å². The van der Waals surface area contributed by atoms with E-state index in [0.29, 0.717) is 22.7 Å². The monoisotopic (exact) mass is 376 g/mol. The fourth-order valence-corrected chi connectivity index (χ4v) is 2.16. The Labute approximate surface area is 154 Å². The molecule has 0 atom stereocenters. The zero-order chi connectivity index (χ0) is 19.1. The molecule has 3 N–H and O–H groups in total. The van der Waals surface area contributed by atoms with E-state index < -0.39 is 10.8 Å². The third-order valence-electron chi connectivity index (χ3n) is 3.28. The van der Waals surface area contributed by atoms with E-state index in [0.717, 1.165) is 0 Å². The Hall–Kier alpha value is -3.40. The van der Waals surface area contributed by atoms with Gasteiger partial charge in [0.2, 0.25) is 0 Å². The van der Waals surface area contributed by atoms with E-state index in [1.807, 2.05) is 0 Å². The summed E-state index contributed by atoms with van der Waals surface area (Å²) in [6, 6.07) is 10.5. The van der Waals surface area contributed by atoms with Crippen molar-refractivity contribution in [3.63, 3.8) is 0 Å². The molecule has 0 bridgehead atoms. The maximum absolute atomic E-state index is 12.2. The van der Waals surface area contributed by atoms with E-state index in [1.165, 1.54) is 38.5 Å². The molecule has 0 aliphatic carbocycles. The Bertz CT molecular complexity index is 826. The van der Waals surface area contributed by atoms with Crippen LogP contribution in [-0.2, 0) is 0 Å². The second-order valence-corrected chi connectivity index (χ2v) is 5.31. The van der Waals surface area contributed by atoms with Crippen LogP contribution in [0, 0.1) is 10.1 Å². The Morgan fingerprint density at radius 2 is 1.77 bits per heavy atom. The molecule has 0 unspecified atom stereocenters. The average molecular weight is 376 g/mol. The molecule has 0 heterocycles. The zero-order valence-corrected chi connectivity index (χ0v) is 14.8. The van der Waals surface area contributed by atoms with Crippen molar-refractivity contribution in [3.05, 3.63) is 58.1 Å². The third-order valence-corrected chi connectivity index (χ3v) is 3.48. The number of nitro benzene ring substituents is 1. The van der Waals surface area contributed by atoms with Crippen molar-refractivity contribution in [2.75, 3.05) is 19.5 Å². The molecule has 0 aliphatic rings. The number of non-ortho nitro benzene ring substituents is 1. The summed E-state index contributed by atoms with van der Waals surface area (Å²) in [6.07, 6.45) is 0. The maximum Gasteiger partial charge on any atom is 0.273 e. The zero-order valence-electron chi connectivity index (χ0n) is 13.9. The second kappa shape index (κ2) is 8.62. The second-order valence-electron chi connectivity index (χ2n) is 4.90. The first-order valence-electron chi connectivity index (χ1n) is 7.28.